The summed E-state index contributed by atoms with van der Waals surface area (Å²) in [5.74, 6) is 1.01. The number of likely N-dealkylation sites (N-methyl/N-ethyl adjacent to an activating group) is 1. The van der Waals surface area contributed by atoms with Gasteiger partial charge in [-0.1, -0.05) is 26.0 Å². The van der Waals surface area contributed by atoms with E-state index in [1.807, 2.05) is 23.1 Å². The third-order valence-electron chi connectivity index (χ3n) is 4.83. The van der Waals surface area contributed by atoms with E-state index in [0.717, 1.165) is 38.4 Å². The van der Waals surface area contributed by atoms with Crippen molar-refractivity contribution in [2.45, 2.75) is 25.8 Å². The first-order valence-corrected chi connectivity index (χ1v) is 8.22. The average Bonchev–Trinajstić information content (AvgIpc) is 2.75. The van der Waals surface area contributed by atoms with Crippen LogP contribution in [0.15, 0.2) is 24.3 Å². The van der Waals surface area contributed by atoms with E-state index in [1.54, 1.807) is 0 Å². The summed E-state index contributed by atoms with van der Waals surface area (Å²) in [5, 5.41) is 0. The molecular weight excluding hydrogens is 276 g/mol. The predicted octanol–water partition coefficient (Wildman–Crippen LogP) is 2.21. The standard InChI is InChI=1S/C18H26N2O2/c1-13(2)15-5-4-6-16(7-15)18(21)20-9-14-8-19(3)17(10-20)12-22-11-14/h4-7,13-14,17H,8-12H2,1-3H3/t14-,17+/m1/s1. The van der Waals surface area contributed by atoms with Gasteiger partial charge in [0, 0.05) is 31.1 Å². The second-order valence-corrected chi connectivity index (χ2v) is 6.99. The molecule has 2 fully saturated rings. The van der Waals surface area contributed by atoms with E-state index >= 15 is 0 Å². The molecule has 0 saturated carbocycles. The van der Waals surface area contributed by atoms with Crippen molar-refractivity contribution in [1.82, 2.24) is 9.80 Å². The van der Waals surface area contributed by atoms with E-state index in [4.69, 9.17) is 4.74 Å². The Kier molecular flexibility index (Phi) is 4.50. The van der Waals surface area contributed by atoms with E-state index in [2.05, 4.69) is 31.9 Å². The Morgan fingerprint density at radius 2 is 2.05 bits per heavy atom. The molecule has 0 radical (unpaired) electrons. The maximum absolute atomic E-state index is 12.9. The Hall–Kier alpha value is -1.39. The van der Waals surface area contributed by atoms with Gasteiger partial charge in [0.15, 0.2) is 0 Å². The van der Waals surface area contributed by atoms with Gasteiger partial charge in [-0.3, -0.25) is 9.69 Å². The maximum Gasteiger partial charge on any atom is 0.253 e. The molecule has 0 spiro atoms. The molecule has 4 nitrogen and oxygen atoms in total. The molecule has 3 rings (SSSR count). The largest absolute Gasteiger partial charge is 0.379 e. The molecule has 2 bridgehead atoms. The highest BCUT2D eigenvalue weighted by molar-refractivity contribution is 5.94. The van der Waals surface area contributed by atoms with Gasteiger partial charge in [-0.15, -0.1) is 0 Å². The molecule has 2 saturated heterocycles. The fourth-order valence-corrected chi connectivity index (χ4v) is 3.43. The number of amides is 1. The molecule has 1 amide bonds. The fraction of sp³-hybridized carbons (Fsp3) is 0.611. The minimum Gasteiger partial charge on any atom is -0.379 e. The van der Waals surface area contributed by atoms with E-state index in [1.165, 1.54) is 5.56 Å². The van der Waals surface area contributed by atoms with Crippen molar-refractivity contribution in [3.8, 4) is 0 Å². The number of carbonyl (C=O) groups excluding carboxylic acids is 1. The van der Waals surface area contributed by atoms with Gasteiger partial charge in [-0.25, -0.2) is 0 Å². The monoisotopic (exact) mass is 302 g/mol. The first kappa shape index (κ1) is 15.5. The summed E-state index contributed by atoms with van der Waals surface area (Å²) in [5.41, 5.74) is 2.04. The van der Waals surface area contributed by atoms with Crippen LogP contribution in [0, 0.1) is 5.92 Å². The number of ether oxygens (including phenoxy) is 1. The van der Waals surface area contributed by atoms with Gasteiger partial charge in [0.25, 0.3) is 5.91 Å². The van der Waals surface area contributed by atoms with Gasteiger partial charge in [0.05, 0.1) is 19.3 Å². The van der Waals surface area contributed by atoms with Crippen LogP contribution < -0.4 is 0 Å². The van der Waals surface area contributed by atoms with Crippen molar-refractivity contribution in [3.63, 3.8) is 0 Å². The Balaban J connectivity index is 1.81. The molecule has 1 aromatic carbocycles. The lowest BCUT2D eigenvalue weighted by atomic mass is 10.00. The van der Waals surface area contributed by atoms with Crippen LogP contribution in [0.3, 0.4) is 0 Å². The summed E-state index contributed by atoms with van der Waals surface area (Å²) in [4.78, 5) is 17.3. The van der Waals surface area contributed by atoms with Gasteiger partial charge in [0.2, 0.25) is 0 Å². The van der Waals surface area contributed by atoms with Gasteiger partial charge < -0.3 is 9.64 Å². The van der Waals surface area contributed by atoms with E-state index in [0.29, 0.717) is 17.9 Å². The molecule has 0 N–H and O–H groups in total. The van der Waals surface area contributed by atoms with Gasteiger partial charge >= 0.3 is 0 Å². The zero-order valence-corrected chi connectivity index (χ0v) is 13.8. The van der Waals surface area contributed by atoms with Crippen molar-refractivity contribution in [2.24, 2.45) is 5.92 Å². The zero-order chi connectivity index (χ0) is 15.7. The number of fused-ring (bicyclic) bond motifs is 3. The van der Waals surface area contributed by atoms with Crippen LogP contribution in [-0.4, -0.2) is 61.6 Å². The second kappa shape index (κ2) is 6.39. The van der Waals surface area contributed by atoms with Crippen LogP contribution in [0.4, 0.5) is 0 Å². The van der Waals surface area contributed by atoms with Crippen molar-refractivity contribution >= 4 is 5.91 Å². The van der Waals surface area contributed by atoms with Crippen LogP contribution in [0.5, 0.6) is 0 Å². The highest BCUT2D eigenvalue weighted by Crippen LogP contribution is 2.21. The number of hydrogen-bond acceptors (Lipinski definition) is 3. The van der Waals surface area contributed by atoms with Crippen molar-refractivity contribution in [2.75, 3.05) is 39.9 Å². The number of carbonyl (C=O) groups is 1. The predicted molar refractivity (Wildman–Crippen MR) is 87.2 cm³/mol. The molecule has 0 aliphatic carbocycles. The first-order chi connectivity index (χ1) is 10.5. The smallest absolute Gasteiger partial charge is 0.253 e. The molecule has 0 aromatic heterocycles. The molecule has 4 heteroatoms. The van der Waals surface area contributed by atoms with E-state index in [-0.39, 0.29) is 5.91 Å². The van der Waals surface area contributed by atoms with Gasteiger partial charge in [-0.05, 0) is 30.7 Å². The Morgan fingerprint density at radius 1 is 1.23 bits per heavy atom. The van der Waals surface area contributed by atoms with Crippen LogP contribution in [0.25, 0.3) is 0 Å². The number of rotatable bonds is 2. The second-order valence-electron chi connectivity index (χ2n) is 6.99. The minimum absolute atomic E-state index is 0.162. The van der Waals surface area contributed by atoms with Gasteiger partial charge in [-0.2, -0.15) is 0 Å². The summed E-state index contributed by atoms with van der Waals surface area (Å²) in [6.07, 6.45) is 0. The lowest BCUT2D eigenvalue weighted by molar-refractivity contribution is 0.0433. The maximum atomic E-state index is 12.9. The van der Waals surface area contributed by atoms with Crippen molar-refractivity contribution in [3.05, 3.63) is 35.4 Å². The molecule has 0 unspecified atom stereocenters. The quantitative estimate of drug-likeness (QED) is 0.840. The Labute approximate surface area is 133 Å². The molecule has 2 aliphatic heterocycles. The van der Waals surface area contributed by atoms with E-state index in [9.17, 15) is 4.79 Å². The third-order valence-corrected chi connectivity index (χ3v) is 4.83. The molecule has 1 aromatic rings. The van der Waals surface area contributed by atoms with Crippen molar-refractivity contribution in [1.29, 1.82) is 0 Å². The van der Waals surface area contributed by atoms with Gasteiger partial charge in [0.1, 0.15) is 0 Å². The van der Waals surface area contributed by atoms with Crippen LogP contribution in [0.1, 0.15) is 35.7 Å². The van der Waals surface area contributed by atoms with Crippen molar-refractivity contribution < 1.29 is 9.53 Å². The summed E-state index contributed by atoms with van der Waals surface area (Å²) in [6, 6.07) is 8.39. The van der Waals surface area contributed by atoms with E-state index < -0.39 is 0 Å². The lowest BCUT2D eigenvalue weighted by Gasteiger charge is -2.30. The SMILES string of the molecule is CC(C)c1cccc(C(=O)N2C[C@@H]3COC[C@H](C2)N(C)C3)c1. The lowest BCUT2D eigenvalue weighted by Crippen LogP contribution is -2.44. The molecule has 2 aliphatic rings. The number of hydrogen-bond donors (Lipinski definition) is 0. The Bertz CT molecular complexity index is 544. The first-order valence-electron chi connectivity index (χ1n) is 8.22. The number of benzene rings is 1. The van der Waals surface area contributed by atoms with Crippen LogP contribution >= 0.6 is 0 Å². The van der Waals surface area contributed by atoms with Crippen LogP contribution in [0.2, 0.25) is 0 Å². The number of nitrogens with zero attached hydrogens (tertiary/aromatic N) is 2. The zero-order valence-electron chi connectivity index (χ0n) is 13.8. The minimum atomic E-state index is 0.162. The molecule has 2 atom stereocenters. The molecular formula is C18H26N2O2. The summed E-state index contributed by atoms with van der Waals surface area (Å²) >= 11 is 0. The fourth-order valence-electron chi connectivity index (χ4n) is 3.43. The topological polar surface area (TPSA) is 32.8 Å². The third kappa shape index (κ3) is 3.18. The summed E-state index contributed by atoms with van der Waals surface area (Å²) < 4.78 is 5.74. The average molecular weight is 302 g/mol. The summed E-state index contributed by atoms with van der Waals surface area (Å²) in [7, 11) is 2.14. The normalized spacial score (nSPS) is 26.1. The molecule has 22 heavy (non-hydrogen) atoms. The highest BCUT2D eigenvalue weighted by Gasteiger charge is 2.33. The molecule has 2 heterocycles. The summed E-state index contributed by atoms with van der Waals surface area (Å²) in [6.45, 7) is 8.38. The van der Waals surface area contributed by atoms with Crippen LogP contribution in [-0.2, 0) is 4.74 Å². The Morgan fingerprint density at radius 3 is 2.82 bits per heavy atom. The molecule has 120 valence electrons. The highest BCUT2D eigenvalue weighted by atomic mass is 16.5.